The molecule has 1 aromatic carbocycles. The number of rotatable bonds is 5. The lowest BCUT2D eigenvalue weighted by atomic mass is 10.1. The normalized spacial score (nSPS) is 19.3. The van der Waals surface area contributed by atoms with Gasteiger partial charge < -0.3 is 14.8 Å². The molecule has 1 heterocycles. The predicted molar refractivity (Wildman–Crippen MR) is 85.2 cm³/mol. The fourth-order valence-electron chi connectivity index (χ4n) is 2.66. The summed E-state index contributed by atoms with van der Waals surface area (Å²) in [5.74, 6) is -0.354. The largest absolute Gasteiger partial charge is 0.496 e. The highest BCUT2D eigenvalue weighted by Crippen LogP contribution is 2.26. The Morgan fingerprint density at radius 2 is 2.09 bits per heavy atom. The van der Waals surface area contributed by atoms with Crippen LogP contribution in [0.5, 0.6) is 5.75 Å². The Labute approximate surface area is 136 Å². The number of carbonyl (C=O) groups is 1. The molecule has 1 unspecified atom stereocenters. The third-order valence-electron chi connectivity index (χ3n) is 4.01. The van der Waals surface area contributed by atoms with Crippen LogP contribution in [0.4, 0.5) is 0 Å². The van der Waals surface area contributed by atoms with Crippen LogP contribution in [0.2, 0.25) is 0 Å². The Morgan fingerprint density at radius 1 is 1.35 bits per heavy atom. The molecule has 7 nitrogen and oxygen atoms in total. The maximum Gasteiger partial charge on any atom is 0.341 e. The van der Waals surface area contributed by atoms with Gasteiger partial charge in [-0.1, -0.05) is 0 Å². The van der Waals surface area contributed by atoms with E-state index in [0.29, 0.717) is 13.1 Å². The van der Waals surface area contributed by atoms with Gasteiger partial charge in [0, 0.05) is 19.1 Å². The van der Waals surface area contributed by atoms with Gasteiger partial charge in [-0.05, 0) is 38.1 Å². The van der Waals surface area contributed by atoms with Gasteiger partial charge in [-0.15, -0.1) is 0 Å². The lowest BCUT2D eigenvalue weighted by Crippen LogP contribution is -2.46. The highest BCUT2D eigenvalue weighted by Gasteiger charge is 2.30. The molecule has 0 radical (unpaired) electrons. The number of piperidine rings is 1. The number of hydrogen-bond acceptors (Lipinski definition) is 6. The number of esters is 1. The molecule has 1 aliphatic rings. The van der Waals surface area contributed by atoms with Crippen LogP contribution in [0.3, 0.4) is 0 Å². The second-order valence-electron chi connectivity index (χ2n) is 5.34. The molecule has 1 atom stereocenters. The van der Waals surface area contributed by atoms with Gasteiger partial charge in [0.25, 0.3) is 0 Å². The average molecular weight is 342 g/mol. The minimum Gasteiger partial charge on any atom is -0.496 e. The zero-order chi connectivity index (χ0) is 17.0. The molecule has 1 saturated heterocycles. The minimum absolute atomic E-state index is 0.0652. The molecule has 0 bridgehead atoms. The standard InChI is InChI=1S/C15H22N2O5S/c1-16-11-5-4-8-17(10-11)23(19,20)12-6-7-14(21-2)13(9-12)15(18)22-3/h6-7,9,11,16H,4-5,8,10H2,1-3H3. The van der Waals surface area contributed by atoms with Crippen molar-refractivity contribution in [2.24, 2.45) is 0 Å². The molecule has 0 aliphatic carbocycles. The van der Waals surface area contributed by atoms with Gasteiger partial charge >= 0.3 is 5.97 Å². The number of methoxy groups -OCH3 is 2. The summed E-state index contributed by atoms with van der Waals surface area (Å²) in [6, 6.07) is 4.36. The molecule has 23 heavy (non-hydrogen) atoms. The van der Waals surface area contributed by atoms with E-state index in [2.05, 4.69) is 10.1 Å². The van der Waals surface area contributed by atoms with Crippen molar-refractivity contribution in [2.45, 2.75) is 23.8 Å². The molecular weight excluding hydrogens is 320 g/mol. The van der Waals surface area contributed by atoms with Crippen LogP contribution in [0, 0.1) is 0 Å². The van der Waals surface area contributed by atoms with Crippen molar-refractivity contribution in [2.75, 3.05) is 34.4 Å². The Balaban J connectivity index is 2.38. The summed E-state index contributed by atoms with van der Waals surface area (Å²) in [6.07, 6.45) is 1.74. The predicted octanol–water partition coefficient (Wildman–Crippen LogP) is 0.854. The maximum atomic E-state index is 12.8. The number of likely N-dealkylation sites (N-methyl/N-ethyl adjacent to an activating group) is 1. The number of benzene rings is 1. The van der Waals surface area contributed by atoms with Crippen LogP contribution in [0.25, 0.3) is 0 Å². The first-order valence-electron chi connectivity index (χ1n) is 7.37. The third kappa shape index (κ3) is 3.65. The molecule has 1 aliphatic heterocycles. The van der Waals surface area contributed by atoms with E-state index in [4.69, 9.17) is 4.74 Å². The zero-order valence-electron chi connectivity index (χ0n) is 13.5. The van der Waals surface area contributed by atoms with Crippen LogP contribution in [-0.2, 0) is 14.8 Å². The summed E-state index contributed by atoms with van der Waals surface area (Å²) in [6.45, 7) is 0.887. The molecule has 0 spiro atoms. The Bertz CT molecular complexity index is 674. The van der Waals surface area contributed by atoms with Gasteiger partial charge in [-0.3, -0.25) is 0 Å². The van der Waals surface area contributed by atoms with Crippen molar-refractivity contribution >= 4 is 16.0 Å². The summed E-state index contributed by atoms with van der Waals surface area (Å²) in [5, 5.41) is 3.11. The van der Waals surface area contributed by atoms with Crippen molar-refractivity contribution in [3.63, 3.8) is 0 Å². The van der Waals surface area contributed by atoms with E-state index in [9.17, 15) is 13.2 Å². The summed E-state index contributed by atoms with van der Waals surface area (Å²) < 4.78 is 36.9. The van der Waals surface area contributed by atoms with E-state index >= 15 is 0 Å². The average Bonchev–Trinajstić information content (AvgIpc) is 2.60. The van der Waals surface area contributed by atoms with E-state index in [1.165, 1.54) is 36.7 Å². The molecule has 1 aromatic rings. The molecule has 0 amide bonds. The van der Waals surface area contributed by atoms with Crippen LogP contribution >= 0.6 is 0 Å². The Morgan fingerprint density at radius 3 is 2.70 bits per heavy atom. The fraction of sp³-hybridized carbons (Fsp3) is 0.533. The lowest BCUT2D eigenvalue weighted by molar-refractivity contribution is 0.0597. The van der Waals surface area contributed by atoms with Crippen molar-refractivity contribution in [1.29, 1.82) is 0 Å². The highest BCUT2D eigenvalue weighted by atomic mass is 32.2. The summed E-state index contributed by atoms with van der Waals surface area (Å²) in [7, 11) is 0.815. The van der Waals surface area contributed by atoms with Gasteiger partial charge in [-0.2, -0.15) is 4.31 Å². The smallest absolute Gasteiger partial charge is 0.341 e. The summed E-state index contributed by atoms with van der Waals surface area (Å²) in [4.78, 5) is 11.9. The van der Waals surface area contributed by atoms with Gasteiger partial charge in [0.15, 0.2) is 0 Å². The first-order chi connectivity index (χ1) is 10.9. The first-order valence-corrected chi connectivity index (χ1v) is 8.81. The summed E-state index contributed by atoms with van der Waals surface area (Å²) >= 11 is 0. The molecule has 8 heteroatoms. The molecule has 2 rings (SSSR count). The van der Waals surface area contributed by atoms with Crippen LogP contribution in [0.1, 0.15) is 23.2 Å². The second kappa shape index (κ2) is 7.29. The zero-order valence-corrected chi connectivity index (χ0v) is 14.4. The minimum atomic E-state index is -3.66. The molecule has 0 saturated carbocycles. The molecule has 1 fully saturated rings. The van der Waals surface area contributed by atoms with Gasteiger partial charge in [0.05, 0.1) is 19.1 Å². The molecule has 0 aromatic heterocycles. The van der Waals surface area contributed by atoms with Crippen molar-refractivity contribution < 1.29 is 22.7 Å². The van der Waals surface area contributed by atoms with Crippen LogP contribution in [0.15, 0.2) is 23.1 Å². The highest BCUT2D eigenvalue weighted by molar-refractivity contribution is 7.89. The summed E-state index contributed by atoms with van der Waals surface area (Å²) in [5.41, 5.74) is 0.0956. The third-order valence-corrected chi connectivity index (χ3v) is 5.87. The number of nitrogens with zero attached hydrogens (tertiary/aromatic N) is 1. The SMILES string of the molecule is CNC1CCCN(S(=O)(=O)c2ccc(OC)c(C(=O)OC)c2)C1. The Kier molecular flexibility index (Phi) is 5.61. The van der Waals surface area contributed by atoms with E-state index in [0.717, 1.165) is 12.8 Å². The van der Waals surface area contributed by atoms with Crippen LogP contribution in [-0.4, -0.2) is 59.1 Å². The van der Waals surface area contributed by atoms with E-state index in [1.807, 2.05) is 7.05 Å². The first kappa shape index (κ1) is 17.7. The van der Waals surface area contributed by atoms with E-state index in [1.54, 1.807) is 0 Å². The Hall–Kier alpha value is -1.64. The number of hydrogen-bond donors (Lipinski definition) is 1. The van der Waals surface area contributed by atoms with Crippen molar-refractivity contribution in [3.05, 3.63) is 23.8 Å². The van der Waals surface area contributed by atoms with Gasteiger partial charge in [0.1, 0.15) is 11.3 Å². The number of sulfonamides is 1. The number of ether oxygens (including phenoxy) is 2. The van der Waals surface area contributed by atoms with Crippen LogP contribution < -0.4 is 10.1 Å². The van der Waals surface area contributed by atoms with Gasteiger partial charge in [0.2, 0.25) is 10.0 Å². The number of carbonyl (C=O) groups excluding carboxylic acids is 1. The second-order valence-corrected chi connectivity index (χ2v) is 7.28. The lowest BCUT2D eigenvalue weighted by Gasteiger charge is -2.31. The number of nitrogens with one attached hydrogen (secondary N) is 1. The molecule has 128 valence electrons. The topological polar surface area (TPSA) is 84.9 Å². The molecular formula is C15H22N2O5S. The van der Waals surface area contributed by atoms with Crippen molar-refractivity contribution in [3.8, 4) is 5.75 Å². The fourth-order valence-corrected chi connectivity index (χ4v) is 4.21. The van der Waals surface area contributed by atoms with E-state index < -0.39 is 16.0 Å². The molecule has 1 N–H and O–H groups in total. The monoisotopic (exact) mass is 342 g/mol. The van der Waals surface area contributed by atoms with Gasteiger partial charge in [-0.25, -0.2) is 13.2 Å². The maximum absolute atomic E-state index is 12.8. The van der Waals surface area contributed by atoms with E-state index in [-0.39, 0.29) is 22.3 Å². The quantitative estimate of drug-likeness (QED) is 0.799. The van der Waals surface area contributed by atoms with Crippen molar-refractivity contribution in [1.82, 2.24) is 9.62 Å².